The van der Waals surface area contributed by atoms with Gasteiger partial charge in [0.25, 0.3) is 0 Å². The number of thiazole rings is 1. The number of hydrogen-bond acceptors (Lipinski definition) is 5. The summed E-state index contributed by atoms with van der Waals surface area (Å²) in [6.45, 7) is 5.07. The molecule has 0 amide bonds. The first-order valence-corrected chi connectivity index (χ1v) is 10.5. The van der Waals surface area contributed by atoms with Gasteiger partial charge in [0.05, 0.1) is 15.6 Å². The maximum atomic E-state index is 11.5. The molecule has 0 unspecified atom stereocenters. The molecule has 0 saturated carbocycles. The van der Waals surface area contributed by atoms with E-state index < -0.39 is 9.84 Å². The smallest absolute Gasteiger partial charge is 0.175 e. The largest absolute Gasteiger partial charge is 0.294 e. The van der Waals surface area contributed by atoms with E-state index in [4.69, 9.17) is 0 Å². The molecule has 0 aliphatic heterocycles. The summed E-state index contributed by atoms with van der Waals surface area (Å²) < 4.78 is 23.1. The lowest BCUT2D eigenvalue weighted by atomic mass is 10.1. The van der Waals surface area contributed by atoms with Gasteiger partial charge in [-0.1, -0.05) is 19.1 Å². The van der Waals surface area contributed by atoms with Crippen LogP contribution in [0.15, 0.2) is 34.5 Å². The number of aryl methyl sites for hydroxylation is 1. The predicted octanol–water partition coefficient (Wildman–Crippen LogP) is 3.69. The molecule has 0 aliphatic rings. The molecule has 1 aromatic carbocycles. The van der Waals surface area contributed by atoms with E-state index in [1.54, 1.807) is 23.5 Å². The average molecular weight is 353 g/mol. The van der Waals surface area contributed by atoms with Crippen molar-refractivity contribution in [2.24, 2.45) is 0 Å². The van der Waals surface area contributed by atoms with Crippen molar-refractivity contribution in [1.82, 2.24) is 9.88 Å². The highest BCUT2D eigenvalue weighted by Crippen LogP contribution is 2.23. The van der Waals surface area contributed by atoms with E-state index >= 15 is 0 Å². The average Bonchev–Trinajstić information content (AvgIpc) is 2.93. The monoisotopic (exact) mass is 352 g/mol. The zero-order chi connectivity index (χ0) is 17.0. The number of hydrogen-bond donors (Lipinski definition) is 0. The topological polar surface area (TPSA) is 50.3 Å². The highest BCUT2D eigenvalue weighted by atomic mass is 32.2. The SMILES string of the molecule is CCCc1nc(CN(C)[C@H](C)c2ccc(S(C)(=O)=O)cc2)cs1. The lowest BCUT2D eigenvalue weighted by molar-refractivity contribution is 0.250. The van der Waals surface area contributed by atoms with E-state index in [9.17, 15) is 8.42 Å². The molecule has 1 atom stereocenters. The molecule has 0 N–H and O–H groups in total. The van der Waals surface area contributed by atoms with Gasteiger partial charge in [0.1, 0.15) is 0 Å². The second kappa shape index (κ2) is 7.55. The molecule has 0 fully saturated rings. The molecule has 0 aliphatic carbocycles. The molecule has 0 bridgehead atoms. The zero-order valence-corrected chi connectivity index (χ0v) is 15.7. The molecule has 4 nitrogen and oxygen atoms in total. The molecular formula is C17H24N2O2S2. The van der Waals surface area contributed by atoms with Crippen molar-refractivity contribution in [1.29, 1.82) is 0 Å². The van der Waals surface area contributed by atoms with Gasteiger partial charge in [-0.2, -0.15) is 0 Å². The Morgan fingerprint density at radius 2 is 1.91 bits per heavy atom. The predicted molar refractivity (Wildman–Crippen MR) is 95.5 cm³/mol. The van der Waals surface area contributed by atoms with Crippen LogP contribution < -0.4 is 0 Å². The van der Waals surface area contributed by atoms with Crippen LogP contribution in [0.2, 0.25) is 0 Å². The van der Waals surface area contributed by atoms with Crippen LogP contribution in [0.5, 0.6) is 0 Å². The Morgan fingerprint density at radius 1 is 1.26 bits per heavy atom. The lowest BCUT2D eigenvalue weighted by Gasteiger charge is -2.24. The van der Waals surface area contributed by atoms with Crippen LogP contribution in [0.4, 0.5) is 0 Å². The van der Waals surface area contributed by atoms with Gasteiger partial charge in [0, 0.05) is 24.2 Å². The van der Waals surface area contributed by atoms with Gasteiger partial charge in [0.2, 0.25) is 0 Å². The third-order valence-electron chi connectivity index (χ3n) is 3.93. The first-order chi connectivity index (χ1) is 10.8. The van der Waals surface area contributed by atoms with E-state index in [-0.39, 0.29) is 6.04 Å². The number of aromatic nitrogens is 1. The third kappa shape index (κ3) is 4.86. The van der Waals surface area contributed by atoms with Crippen molar-refractivity contribution < 1.29 is 8.42 Å². The van der Waals surface area contributed by atoms with Crippen molar-refractivity contribution in [2.45, 2.75) is 44.2 Å². The van der Waals surface area contributed by atoms with E-state index in [1.165, 1.54) is 11.3 Å². The summed E-state index contributed by atoms with van der Waals surface area (Å²) in [5.74, 6) is 0. The van der Waals surface area contributed by atoms with Crippen LogP contribution in [-0.2, 0) is 22.8 Å². The Kier molecular flexibility index (Phi) is 5.95. The minimum atomic E-state index is -3.14. The normalized spacial score (nSPS) is 13.4. The Bertz CT molecular complexity index is 736. The quantitative estimate of drug-likeness (QED) is 0.762. The Balaban J connectivity index is 2.05. The molecule has 2 aromatic rings. The summed E-state index contributed by atoms with van der Waals surface area (Å²) in [6, 6.07) is 7.33. The third-order valence-corrected chi connectivity index (χ3v) is 6.01. The summed E-state index contributed by atoms with van der Waals surface area (Å²) in [6.07, 6.45) is 3.39. The van der Waals surface area contributed by atoms with Gasteiger partial charge < -0.3 is 0 Å². The molecular weight excluding hydrogens is 328 g/mol. The molecule has 6 heteroatoms. The van der Waals surface area contributed by atoms with Gasteiger partial charge in [-0.25, -0.2) is 13.4 Å². The summed E-state index contributed by atoms with van der Waals surface area (Å²) >= 11 is 1.72. The van der Waals surface area contributed by atoms with Crippen molar-refractivity contribution in [2.75, 3.05) is 13.3 Å². The summed E-state index contributed by atoms with van der Waals surface area (Å²) in [7, 11) is -1.08. The minimum Gasteiger partial charge on any atom is -0.294 e. The van der Waals surface area contributed by atoms with Crippen LogP contribution in [0, 0.1) is 0 Å². The number of sulfone groups is 1. The van der Waals surface area contributed by atoms with Crippen LogP contribution in [0.1, 0.15) is 42.6 Å². The van der Waals surface area contributed by atoms with Crippen LogP contribution in [0.3, 0.4) is 0 Å². The highest BCUT2D eigenvalue weighted by molar-refractivity contribution is 7.90. The van der Waals surface area contributed by atoms with E-state index in [1.807, 2.05) is 12.1 Å². The van der Waals surface area contributed by atoms with Crippen LogP contribution >= 0.6 is 11.3 Å². The Hall–Kier alpha value is -1.24. The van der Waals surface area contributed by atoms with Crippen molar-refractivity contribution in [3.63, 3.8) is 0 Å². The minimum absolute atomic E-state index is 0.194. The Labute approximate surface area is 143 Å². The first kappa shape index (κ1) is 18.1. The van der Waals surface area contributed by atoms with E-state index in [0.717, 1.165) is 30.6 Å². The zero-order valence-electron chi connectivity index (χ0n) is 14.1. The lowest BCUT2D eigenvalue weighted by Crippen LogP contribution is -2.22. The first-order valence-electron chi connectivity index (χ1n) is 7.74. The van der Waals surface area contributed by atoms with Gasteiger partial charge >= 0.3 is 0 Å². The molecule has 23 heavy (non-hydrogen) atoms. The summed E-state index contributed by atoms with van der Waals surface area (Å²) in [5, 5.41) is 3.32. The second-order valence-corrected chi connectivity index (χ2v) is 8.87. The van der Waals surface area contributed by atoms with Crippen molar-refractivity contribution in [3.05, 3.63) is 45.9 Å². The molecule has 126 valence electrons. The summed E-state index contributed by atoms with van der Waals surface area (Å²) in [4.78, 5) is 7.24. The molecule has 0 saturated heterocycles. The maximum Gasteiger partial charge on any atom is 0.175 e. The van der Waals surface area contributed by atoms with Crippen LogP contribution in [-0.4, -0.2) is 31.6 Å². The van der Waals surface area contributed by atoms with Gasteiger partial charge in [-0.05, 0) is 44.5 Å². The molecule has 0 radical (unpaired) electrons. The van der Waals surface area contributed by atoms with Crippen molar-refractivity contribution in [3.8, 4) is 0 Å². The van der Waals surface area contributed by atoms with E-state index in [2.05, 4.69) is 36.2 Å². The number of rotatable bonds is 7. The number of benzene rings is 1. The van der Waals surface area contributed by atoms with Gasteiger partial charge in [0.15, 0.2) is 9.84 Å². The second-order valence-electron chi connectivity index (χ2n) is 5.91. The fraction of sp³-hybridized carbons (Fsp3) is 0.471. The highest BCUT2D eigenvalue weighted by Gasteiger charge is 2.15. The maximum absolute atomic E-state index is 11.5. The van der Waals surface area contributed by atoms with Crippen molar-refractivity contribution >= 4 is 21.2 Å². The molecule has 2 rings (SSSR count). The van der Waals surface area contributed by atoms with E-state index in [0.29, 0.717) is 4.90 Å². The molecule has 1 heterocycles. The fourth-order valence-electron chi connectivity index (χ4n) is 2.39. The molecule has 0 spiro atoms. The standard InChI is InChI=1S/C17H24N2O2S2/c1-5-6-17-18-15(12-22-17)11-19(3)13(2)14-7-9-16(10-8-14)23(4,20)21/h7-10,12-13H,5-6,11H2,1-4H3/t13-/m1/s1. The van der Waals surface area contributed by atoms with Crippen LogP contribution in [0.25, 0.3) is 0 Å². The molecule has 1 aromatic heterocycles. The fourth-order valence-corrected chi connectivity index (χ4v) is 3.91. The van der Waals surface area contributed by atoms with Gasteiger partial charge in [-0.3, -0.25) is 4.90 Å². The Morgan fingerprint density at radius 3 is 2.48 bits per heavy atom. The number of nitrogens with zero attached hydrogens (tertiary/aromatic N) is 2. The van der Waals surface area contributed by atoms with Gasteiger partial charge in [-0.15, -0.1) is 11.3 Å². The summed E-state index contributed by atoms with van der Waals surface area (Å²) in [5.41, 5.74) is 2.20.